The van der Waals surface area contributed by atoms with E-state index in [9.17, 15) is 24.3 Å². The molecule has 1 fully saturated rings. The second-order valence-electron chi connectivity index (χ2n) is 7.94. The van der Waals surface area contributed by atoms with Gasteiger partial charge >= 0.3 is 5.97 Å². The number of nitrogens with one attached hydrogen (secondary N) is 1. The maximum atomic E-state index is 14.9. The number of hydrogen-bond donors (Lipinski definition) is 2. The molecular weight excluding hydrogens is 441 g/mol. The minimum Gasteiger partial charge on any atom is -0.477 e. The van der Waals surface area contributed by atoms with Gasteiger partial charge in [0.2, 0.25) is 11.7 Å². The minimum absolute atomic E-state index is 0.00383. The first-order valence-electron chi connectivity index (χ1n) is 10.5. The van der Waals surface area contributed by atoms with Crippen LogP contribution in [0.2, 0.25) is 0 Å². The monoisotopic (exact) mass is 461 g/mol. The Morgan fingerprint density at radius 1 is 1.21 bits per heavy atom. The number of aromatic carboxylic acids is 1. The van der Waals surface area contributed by atoms with Gasteiger partial charge in [0.15, 0.2) is 11.4 Å². The standard InChI is InChI=1S/C24H20FN5O4/c1-14-6-8-24(13-30-14,34-22-18(23(32)33)15(12-26)7-11-29-22)20(31)16-4-2-5-17(25)19(16)21-27-9-3-10-28-21/h2-5,7,9-11,14,30H,6,8,13H2,1H3,(H,32,33)/t14-,24-/m1/s1. The van der Waals surface area contributed by atoms with Crippen LogP contribution < -0.4 is 10.1 Å². The number of ketones is 1. The number of benzene rings is 1. The molecule has 9 nitrogen and oxygen atoms in total. The maximum Gasteiger partial charge on any atom is 0.342 e. The fraction of sp³-hybridized carbons (Fsp3) is 0.250. The summed E-state index contributed by atoms with van der Waals surface area (Å²) in [7, 11) is 0. The Hall–Kier alpha value is -4.23. The molecule has 4 rings (SSSR count). The van der Waals surface area contributed by atoms with E-state index in [-0.39, 0.29) is 47.4 Å². The number of nitrogens with zero attached hydrogens (tertiary/aromatic N) is 4. The van der Waals surface area contributed by atoms with Crippen LogP contribution in [0, 0.1) is 17.1 Å². The second-order valence-corrected chi connectivity index (χ2v) is 7.94. The third kappa shape index (κ3) is 4.21. The molecule has 0 radical (unpaired) electrons. The normalized spacial score (nSPS) is 19.7. The number of carbonyl (C=O) groups excluding carboxylic acids is 1. The van der Waals surface area contributed by atoms with Crippen LogP contribution in [0.25, 0.3) is 11.4 Å². The van der Waals surface area contributed by atoms with Crippen LogP contribution in [0.4, 0.5) is 4.39 Å². The lowest BCUT2D eigenvalue weighted by Crippen LogP contribution is -2.58. The van der Waals surface area contributed by atoms with E-state index in [1.807, 2.05) is 6.92 Å². The van der Waals surface area contributed by atoms with Gasteiger partial charge in [0.05, 0.1) is 11.1 Å². The fourth-order valence-corrected chi connectivity index (χ4v) is 3.93. The number of halogens is 1. The van der Waals surface area contributed by atoms with Crippen molar-refractivity contribution < 1.29 is 23.8 Å². The van der Waals surface area contributed by atoms with E-state index in [0.717, 1.165) is 0 Å². The third-order valence-corrected chi connectivity index (χ3v) is 5.72. The topological polar surface area (TPSA) is 138 Å². The van der Waals surface area contributed by atoms with Crippen molar-refractivity contribution in [2.75, 3.05) is 6.54 Å². The highest BCUT2D eigenvalue weighted by Crippen LogP contribution is 2.34. The summed E-state index contributed by atoms with van der Waals surface area (Å²) < 4.78 is 21.0. The zero-order valence-corrected chi connectivity index (χ0v) is 18.2. The maximum absolute atomic E-state index is 14.9. The SMILES string of the molecule is C[C@@H]1CC[C@](Oc2nccc(C#N)c2C(=O)O)(C(=O)c2cccc(F)c2-c2ncccn2)CN1. The van der Waals surface area contributed by atoms with Crippen molar-refractivity contribution in [2.24, 2.45) is 0 Å². The number of hydrogen-bond acceptors (Lipinski definition) is 8. The molecule has 10 heteroatoms. The summed E-state index contributed by atoms with van der Waals surface area (Å²) in [6, 6.07) is 8.77. The van der Waals surface area contributed by atoms with Crippen LogP contribution in [-0.2, 0) is 0 Å². The first kappa shape index (κ1) is 22.9. The van der Waals surface area contributed by atoms with Crippen molar-refractivity contribution >= 4 is 11.8 Å². The minimum atomic E-state index is -1.60. The van der Waals surface area contributed by atoms with Crippen LogP contribution in [0.15, 0.2) is 48.9 Å². The average Bonchev–Trinajstić information content (AvgIpc) is 2.85. The Labute approximate surface area is 194 Å². The number of nitriles is 1. The summed E-state index contributed by atoms with van der Waals surface area (Å²) in [5, 5.41) is 22.2. The molecule has 3 heterocycles. The van der Waals surface area contributed by atoms with E-state index in [0.29, 0.717) is 6.42 Å². The van der Waals surface area contributed by atoms with Gasteiger partial charge in [-0.1, -0.05) is 12.1 Å². The van der Waals surface area contributed by atoms with Crippen LogP contribution in [0.1, 0.15) is 46.0 Å². The number of rotatable bonds is 6. The molecule has 0 amide bonds. The quantitative estimate of drug-likeness (QED) is 0.530. The Bertz CT molecular complexity index is 1280. The van der Waals surface area contributed by atoms with Gasteiger partial charge in [-0.3, -0.25) is 4.79 Å². The van der Waals surface area contributed by atoms with Crippen molar-refractivity contribution in [1.29, 1.82) is 5.26 Å². The Morgan fingerprint density at radius 2 is 1.97 bits per heavy atom. The summed E-state index contributed by atoms with van der Waals surface area (Å²) in [6.07, 6.45) is 4.86. The molecule has 0 aliphatic carbocycles. The van der Waals surface area contributed by atoms with Gasteiger partial charge in [-0.2, -0.15) is 5.26 Å². The van der Waals surface area contributed by atoms with E-state index in [2.05, 4.69) is 20.3 Å². The second kappa shape index (κ2) is 9.33. The van der Waals surface area contributed by atoms with Crippen molar-refractivity contribution in [2.45, 2.75) is 31.4 Å². The molecule has 2 atom stereocenters. The Balaban J connectivity index is 1.85. The largest absolute Gasteiger partial charge is 0.477 e. The summed E-state index contributed by atoms with van der Waals surface area (Å²) in [6.45, 7) is 1.97. The van der Waals surface area contributed by atoms with Crippen LogP contribution in [-0.4, -0.2) is 50.0 Å². The first-order valence-corrected chi connectivity index (χ1v) is 10.5. The van der Waals surface area contributed by atoms with Crippen molar-refractivity contribution in [1.82, 2.24) is 20.3 Å². The lowest BCUT2D eigenvalue weighted by Gasteiger charge is -2.39. The molecule has 3 aromatic rings. The molecule has 1 aliphatic rings. The van der Waals surface area contributed by atoms with Crippen molar-refractivity contribution in [3.8, 4) is 23.3 Å². The number of Topliss-reactive ketones (excluding diaryl/α,β-unsaturated/α-hetero) is 1. The Kier molecular flexibility index (Phi) is 6.30. The molecule has 1 saturated heterocycles. The zero-order chi connectivity index (χ0) is 24.3. The summed E-state index contributed by atoms with van der Waals surface area (Å²) in [5.74, 6) is -2.99. The Morgan fingerprint density at radius 3 is 2.62 bits per heavy atom. The smallest absolute Gasteiger partial charge is 0.342 e. The van der Waals surface area contributed by atoms with Crippen LogP contribution >= 0.6 is 0 Å². The summed E-state index contributed by atoms with van der Waals surface area (Å²) in [4.78, 5) is 38.1. The molecule has 0 spiro atoms. The highest BCUT2D eigenvalue weighted by Gasteiger charge is 2.46. The van der Waals surface area contributed by atoms with Gasteiger partial charge in [0.25, 0.3) is 0 Å². The van der Waals surface area contributed by atoms with Gasteiger partial charge in [0.1, 0.15) is 17.4 Å². The van der Waals surface area contributed by atoms with E-state index in [4.69, 9.17) is 4.74 Å². The lowest BCUT2D eigenvalue weighted by molar-refractivity contribution is 0.0251. The molecule has 0 unspecified atom stereocenters. The van der Waals surface area contributed by atoms with E-state index in [1.54, 1.807) is 12.1 Å². The van der Waals surface area contributed by atoms with E-state index in [1.165, 1.54) is 42.9 Å². The molecule has 0 bridgehead atoms. The van der Waals surface area contributed by atoms with Crippen molar-refractivity contribution in [3.05, 3.63) is 71.4 Å². The third-order valence-electron chi connectivity index (χ3n) is 5.72. The number of ether oxygens (including phenoxy) is 1. The zero-order valence-electron chi connectivity index (χ0n) is 18.2. The first-order chi connectivity index (χ1) is 16.4. The molecule has 2 aromatic heterocycles. The average molecular weight is 461 g/mol. The molecule has 0 saturated carbocycles. The van der Waals surface area contributed by atoms with Gasteiger partial charge in [-0.05, 0) is 38.0 Å². The van der Waals surface area contributed by atoms with Crippen LogP contribution in [0.3, 0.4) is 0 Å². The number of pyridine rings is 1. The highest BCUT2D eigenvalue weighted by molar-refractivity contribution is 6.07. The predicted molar refractivity (Wildman–Crippen MR) is 118 cm³/mol. The fourth-order valence-electron chi connectivity index (χ4n) is 3.93. The number of carboxylic acids is 1. The summed E-state index contributed by atoms with van der Waals surface area (Å²) in [5.41, 5.74) is -2.28. The van der Waals surface area contributed by atoms with Crippen molar-refractivity contribution in [3.63, 3.8) is 0 Å². The molecule has 1 aliphatic heterocycles. The molecule has 34 heavy (non-hydrogen) atoms. The van der Waals surface area contributed by atoms with Gasteiger partial charge in [-0.25, -0.2) is 24.1 Å². The number of piperidine rings is 1. The summed E-state index contributed by atoms with van der Waals surface area (Å²) >= 11 is 0. The molecule has 172 valence electrons. The number of aromatic nitrogens is 3. The van der Waals surface area contributed by atoms with Gasteiger partial charge in [0, 0.05) is 36.7 Å². The van der Waals surface area contributed by atoms with Crippen LogP contribution in [0.5, 0.6) is 5.88 Å². The molecule has 1 aromatic carbocycles. The van der Waals surface area contributed by atoms with E-state index < -0.39 is 28.7 Å². The van der Waals surface area contributed by atoms with Gasteiger partial charge < -0.3 is 15.2 Å². The molecular formula is C24H20FN5O4. The lowest BCUT2D eigenvalue weighted by atomic mass is 9.82. The van der Waals surface area contributed by atoms with Gasteiger partial charge in [-0.15, -0.1) is 0 Å². The number of carboxylic acid groups (broad SMARTS) is 1. The highest BCUT2D eigenvalue weighted by atomic mass is 19.1. The number of carbonyl (C=O) groups is 2. The molecule has 2 N–H and O–H groups in total. The van der Waals surface area contributed by atoms with E-state index >= 15 is 0 Å². The predicted octanol–water partition coefficient (Wildman–Crippen LogP) is 3.02.